The molecule has 2 rings (SSSR count). The number of aliphatic imine (C=N–C) groups is 1. The first kappa shape index (κ1) is 10.7. The number of methoxy groups -OCH3 is 1. The minimum Gasteiger partial charge on any atom is -0.454 e. The fourth-order valence-electron chi connectivity index (χ4n) is 2.28. The van der Waals surface area contributed by atoms with E-state index in [2.05, 4.69) is 16.8 Å². The number of hydrogen-bond donors (Lipinski definition) is 0. The number of likely N-dealkylation sites (N-methyl/N-ethyl adjacent to an activating group) is 1. The maximum absolute atomic E-state index is 5.70. The molecule has 86 valence electrons. The van der Waals surface area contributed by atoms with Gasteiger partial charge in [-0.25, -0.2) is 4.99 Å². The van der Waals surface area contributed by atoms with Crippen molar-refractivity contribution in [1.29, 1.82) is 0 Å². The molecule has 0 saturated carbocycles. The van der Waals surface area contributed by atoms with Gasteiger partial charge in [0.05, 0.1) is 12.1 Å². The summed E-state index contributed by atoms with van der Waals surface area (Å²) in [5.41, 5.74) is 0. The molecule has 0 aromatic carbocycles. The fourth-order valence-corrected chi connectivity index (χ4v) is 2.28. The Morgan fingerprint density at radius 2 is 2.27 bits per heavy atom. The van der Waals surface area contributed by atoms with Gasteiger partial charge in [0, 0.05) is 21.2 Å². The maximum atomic E-state index is 5.70. The molecule has 15 heavy (non-hydrogen) atoms. The van der Waals surface area contributed by atoms with Crippen LogP contribution in [0.25, 0.3) is 0 Å². The molecule has 0 bridgehead atoms. The lowest BCUT2D eigenvalue weighted by Gasteiger charge is -2.35. The van der Waals surface area contributed by atoms with E-state index < -0.39 is 0 Å². The molecule has 2 saturated heterocycles. The summed E-state index contributed by atoms with van der Waals surface area (Å²) in [6, 6.07) is 0.974. The zero-order chi connectivity index (χ0) is 11.0. The van der Waals surface area contributed by atoms with E-state index in [0.717, 1.165) is 6.42 Å². The van der Waals surface area contributed by atoms with Gasteiger partial charge in [-0.05, 0) is 13.3 Å². The highest BCUT2D eigenvalue weighted by Crippen LogP contribution is 2.31. The largest absolute Gasteiger partial charge is 0.454 e. The molecule has 2 aliphatic heterocycles. The third kappa shape index (κ3) is 1.70. The Kier molecular flexibility index (Phi) is 2.84. The van der Waals surface area contributed by atoms with Crippen LogP contribution in [0.1, 0.15) is 13.3 Å². The van der Waals surface area contributed by atoms with Gasteiger partial charge in [-0.15, -0.1) is 0 Å². The summed E-state index contributed by atoms with van der Waals surface area (Å²) < 4.78 is 16.7. The van der Waals surface area contributed by atoms with Gasteiger partial charge in [0.15, 0.2) is 12.4 Å². The summed E-state index contributed by atoms with van der Waals surface area (Å²) in [6.45, 7) is 2.05. The molecule has 4 atom stereocenters. The van der Waals surface area contributed by atoms with Gasteiger partial charge in [-0.2, -0.15) is 0 Å². The Bertz CT molecular complexity index is 269. The SMILES string of the molecule is CN=C1O[C@@H]2C(CC(C)O[C@H]2OC)N1C. The highest BCUT2D eigenvalue weighted by Gasteiger charge is 2.47. The van der Waals surface area contributed by atoms with Crippen molar-refractivity contribution in [2.45, 2.75) is 37.9 Å². The van der Waals surface area contributed by atoms with Crippen LogP contribution in [0.3, 0.4) is 0 Å². The van der Waals surface area contributed by atoms with Crippen molar-refractivity contribution in [2.75, 3.05) is 21.2 Å². The molecule has 2 aliphatic rings. The minimum atomic E-state index is -0.291. The molecule has 0 radical (unpaired) electrons. The van der Waals surface area contributed by atoms with Crippen molar-refractivity contribution in [1.82, 2.24) is 4.90 Å². The van der Waals surface area contributed by atoms with Crippen molar-refractivity contribution >= 4 is 6.02 Å². The van der Waals surface area contributed by atoms with E-state index in [9.17, 15) is 0 Å². The van der Waals surface area contributed by atoms with E-state index in [1.165, 1.54) is 0 Å². The van der Waals surface area contributed by atoms with Crippen molar-refractivity contribution in [3.63, 3.8) is 0 Å². The average molecular weight is 214 g/mol. The van der Waals surface area contributed by atoms with Gasteiger partial charge >= 0.3 is 0 Å². The molecule has 0 aromatic heterocycles. The van der Waals surface area contributed by atoms with Crippen LogP contribution in [0.4, 0.5) is 0 Å². The zero-order valence-electron chi connectivity index (χ0n) is 9.64. The van der Waals surface area contributed by atoms with E-state index in [0.29, 0.717) is 12.1 Å². The quantitative estimate of drug-likeness (QED) is 0.635. The molecule has 0 N–H and O–H groups in total. The molecular weight excluding hydrogens is 196 g/mol. The average Bonchev–Trinajstić information content (AvgIpc) is 2.55. The molecule has 0 spiro atoms. The highest BCUT2D eigenvalue weighted by atomic mass is 16.7. The summed E-state index contributed by atoms with van der Waals surface area (Å²) in [4.78, 5) is 6.16. The summed E-state index contributed by atoms with van der Waals surface area (Å²) >= 11 is 0. The van der Waals surface area contributed by atoms with E-state index in [1.54, 1.807) is 14.2 Å². The lowest BCUT2D eigenvalue weighted by atomic mass is 10.0. The van der Waals surface area contributed by atoms with Crippen LogP contribution < -0.4 is 0 Å². The summed E-state index contributed by atoms with van der Waals surface area (Å²) in [6.07, 6.45) is 0.786. The lowest BCUT2D eigenvalue weighted by molar-refractivity contribution is -0.223. The first-order valence-corrected chi connectivity index (χ1v) is 5.22. The summed E-state index contributed by atoms with van der Waals surface area (Å²) in [7, 11) is 5.37. The Morgan fingerprint density at radius 3 is 2.87 bits per heavy atom. The molecule has 0 aromatic rings. The molecule has 5 nitrogen and oxygen atoms in total. The third-order valence-electron chi connectivity index (χ3n) is 3.05. The second kappa shape index (κ2) is 3.98. The van der Waals surface area contributed by atoms with Gasteiger partial charge in [-0.3, -0.25) is 0 Å². The zero-order valence-corrected chi connectivity index (χ0v) is 9.64. The number of fused-ring (bicyclic) bond motifs is 1. The van der Waals surface area contributed by atoms with Gasteiger partial charge < -0.3 is 19.1 Å². The fraction of sp³-hybridized carbons (Fsp3) is 0.900. The van der Waals surface area contributed by atoms with Crippen molar-refractivity contribution < 1.29 is 14.2 Å². The van der Waals surface area contributed by atoms with E-state index in [1.807, 2.05) is 7.05 Å². The molecule has 0 aliphatic carbocycles. The molecule has 2 unspecified atom stereocenters. The minimum absolute atomic E-state index is 0.0603. The number of ether oxygens (including phenoxy) is 3. The van der Waals surface area contributed by atoms with E-state index in [4.69, 9.17) is 14.2 Å². The van der Waals surface area contributed by atoms with Crippen LogP contribution >= 0.6 is 0 Å². The van der Waals surface area contributed by atoms with Crippen molar-refractivity contribution in [2.24, 2.45) is 4.99 Å². The number of amidine groups is 1. The topological polar surface area (TPSA) is 43.3 Å². The Morgan fingerprint density at radius 1 is 1.53 bits per heavy atom. The van der Waals surface area contributed by atoms with Gasteiger partial charge in [-0.1, -0.05) is 0 Å². The van der Waals surface area contributed by atoms with Crippen molar-refractivity contribution in [3.8, 4) is 0 Å². The first-order chi connectivity index (χ1) is 7.17. The van der Waals surface area contributed by atoms with Crippen molar-refractivity contribution in [3.05, 3.63) is 0 Å². The maximum Gasteiger partial charge on any atom is 0.287 e. The predicted octanol–water partition coefficient (Wildman–Crippen LogP) is 0.453. The summed E-state index contributed by atoms with van der Waals surface area (Å²) in [5.74, 6) is 0. The van der Waals surface area contributed by atoms with Gasteiger partial charge in [0.2, 0.25) is 0 Å². The highest BCUT2D eigenvalue weighted by molar-refractivity contribution is 5.76. The van der Waals surface area contributed by atoms with Crippen LogP contribution in [-0.2, 0) is 14.2 Å². The standard InChI is InChI=1S/C10H18N2O3/c1-6-5-7-8(9(13-4)14-6)15-10(11-2)12(7)3/h6-9H,5H2,1-4H3/t6?,7?,8-,9-/m1/s1. The second-order valence-corrected chi connectivity index (χ2v) is 4.05. The van der Waals surface area contributed by atoms with Crippen LogP contribution in [0.15, 0.2) is 4.99 Å². The lowest BCUT2D eigenvalue weighted by Crippen LogP contribution is -2.49. The predicted molar refractivity (Wildman–Crippen MR) is 55.7 cm³/mol. The molecule has 2 heterocycles. The Labute approximate surface area is 90.0 Å². The van der Waals surface area contributed by atoms with E-state index >= 15 is 0 Å². The monoisotopic (exact) mass is 214 g/mol. The van der Waals surface area contributed by atoms with Crippen LogP contribution in [0, 0.1) is 0 Å². The molecular formula is C10H18N2O3. The number of nitrogens with zero attached hydrogens (tertiary/aromatic N) is 2. The number of rotatable bonds is 1. The molecule has 5 heteroatoms. The van der Waals surface area contributed by atoms with Gasteiger partial charge in [0.1, 0.15) is 0 Å². The number of hydrogen-bond acceptors (Lipinski definition) is 4. The van der Waals surface area contributed by atoms with Gasteiger partial charge in [0.25, 0.3) is 6.02 Å². The van der Waals surface area contributed by atoms with Crippen LogP contribution in [-0.4, -0.2) is 56.7 Å². The Balaban J connectivity index is 2.19. The third-order valence-corrected chi connectivity index (χ3v) is 3.05. The first-order valence-electron chi connectivity index (χ1n) is 5.22. The smallest absolute Gasteiger partial charge is 0.287 e. The normalized spacial score (nSPS) is 42.9. The summed E-state index contributed by atoms with van der Waals surface area (Å²) in [5, 5.41) is 0. The van der Waals surface area contributed by atoms with Crippen LogP contribution in [0.5, 0.6) is 0 Å². The molecule has 0 amide bonds. The van der Waals surface area contributed by atoms with Crippen LogP contribution in [0.2, 0.25) is 0 Å². The second-order valence-electron chi connectivity index (χ2n) is 4.05. The van der Waals surface area contributed by atoms with E-state index in [-0.39, 0.29) is 18.5 Å². The Hall–Kier alpha value is -0.810. The molecule has 2 fully saturated rings.